The lowest BCUT2D eigenvalue weighted by atomic mass is 10.0. The Balaban J connectivity index is 1.58. The van der Waals surface area contributed by atoms with Crippen molar-refractivity contribution < 1.29 is 14.3 Å². The fourth-order valence-electron chi connectivity index (χ4n) is 3.95. The normalized spacial score (nSPS) is 15.2. The molecule has 0 N–H and O–H groups in total. The van der Waals surface area contributed by atoms with Crippen LogP contribution in [0.3, 0.4) is 0 Å². The van der Waals surface area contributed by atoms with E-state index in [9.17, 15) is 9.59 Å². The number of thiophene rings is 1. The zero-order chi connectivity index (χ0) is 25.1. The van der Waals surface area contributed by atoms with Crippen molar-refractivity contribution in [2.45, 2.75) is 13.0 Å². The molecule has 180 valence electrons. The second kappa shape index (κ2) is 10.3. The highest BCUT2D eigenvalue weighted by Crippen LogP contribution is 2.33. The molecule has 36 heavy (non-hydrogen) atoms. The van der Waals surface area contributed by atoms with Gasteiger partial charge in [-0.05, 0) is 54.3 Å². The van der Waals surface area contributed by atoms with Crippen LogP contribution >= 0.6 is 22.7 Å². The Bertz CT molecular complexity index is 1630. The van der Waals surface area contributed by atoms with Crippen molar-refractivity contribution in [3.05, 3.63) is 126 Å². The van der Waals surface area contributed by atoms with E-state index < -0.39 is 12.0 Å². The third-order valence-electron chi connectivity index (χ3n) is 5.52. The van der Waals surface area contributed by atoms with Gasteiger partial charge in [-0.3, -0.25) is 9.36 Å². The minimum atomic E-state index is -0.603. The zero-order valence-corrected chi connectivity index (χ0v) is 21.1. The van der Waals surface area contributed by atoms with Crippen molar-refractivity contribution in [1.82, 2.24) is 4.57 Å². The Labute approximate surface area is 215 Å². The van der Waals surface area contributed by atoms with Crippen LogP contribution in [0.4, 0.5) is 0 Å². The fraction of sp³-hybridized carbons (Fsp3) is 0.107. The number of nitrogens with zero attached hydrogens (tertiary/aromatic N) is 2. The summed E-state index contributed by atoms with van der Waals surface area (Å²) in [6, 6.07) is 20.3. The summed E-state index contributed by atoms with van der Waals surface area (Å²) in [5, 5.41) is 1.92. The molecule has 0 radical (unpaired) electrons. The van der Waals surface area contributed by atoms with Crippen LogP contribution in [0.25, 0.3) is 6.08 Å². The van der Waals surface area contributed by atoms with Gasteiger partial charge in [-0.25, -0.2) is 9.79 Å². The van der Waals surface area contributed by atoms with Crippen LogP contribution in [0.2, 0.25) is 0 Å². The number of rotatable bonds is 7. The number of carbonyl (C=O) groups is 1. The molecule has 1 aliphatic rings. The molecule has 1 atom stereocenters. The molecule has 1 aliphatic heterocycles. The molecule has 0 amide bonds. The Hall–Kier alpha value is -4.01. The lowest BCUT2D eigenvalue weighted by Gasteiger charge is -2.23. The highest BCUT2D eigenvalue weighted by atomic mass is 32.1. The van der Waals surface area contributed by atoms with Crippen LogP contribution < -0.4 is 19.6 Å². The number of thiazole rings is 1. The van der Waals surface area contributed by atoms with E-state index in [0.29, 0.717) is 26.4 Å². The van der Waals surface area contributed by atoms with Gasteiger partial charge in [-0.1, -0.05) is 60.4 Å². The van der Waals surface area contributed by atoms with E-state index in [1.54, 1.807) is 11.5 Å². The molecule has 6 nitrogen and oxygen atoms in total. The second-order valence-electron chi connectivity index (χ2n) is 7.97. The summed E-state index contributed by atoms with van der Waals surface area (Å²) in [6.45, 7) is 5.46. The summed E-state index contributed by atoms with van der Waals surface area (Å²) < 4.78 is 13.4. The lowest BCUT2D eigenvalue weighted by Crippen LogP contribution is -2.39. The minimum Gasteiger partial charge on any atom is -0.458 e. The monoisotopic (exact) mass is 514 g/mol. The number of ether oxygens (including phenoxy) is 2. The predicted molar refractivity (Wildman–Crippen MR) is 142 cm³/mol. The molecule has 0 saturated carbocycles. The number of allylic oxidation sites excluding steroid dienone is 1. The third kappa shape index (κ3) is 4.73. The number of benzene rings is 2. The van der Waals surface area contributed by atoms with Crippen molar-refractivity contribution in [2.24, 2.45) is 4.99 Å². The number of hydrogen-bond acceptors (Lipinski definition) is 7. The van der Waals surface area contributed by atoms with Gasteiger partial charge in [0.15, 0.2) is 4.80 Å². The number of para-hydroxylation sites is 1. The molecule has 0 spiro atoms. The van der Waals surface area contributed by atoms with E-state index in [-0.39, 0.29) is 12.2 Å². The zero-order valence-electron chi connectivity index (χ0n) is 19.4. The van der Waals surface area contributed by atoms with Gasteiger partial charge in [0.2, 0.25) is 0 Å². The predicted octanol–water partition coefficient (Wildman–Crippen LogP) is 4.82. The fourth-order valence-corrected chi connectivity index (χ4v) is 5.83. The molecule has 1 unspecified atom stereocenters. The van der Waals surface area contributed by atoms with Crippen molar-refractivity contribution in [3.8, 4) is 11.5 Å². The van der Waals surface area contributed by atoms with Crippen LogP contribution in [-0.2, 0) is 9.53 Å². The molecular formula is C28H22N2O4S2. The van der Waals surface area contributed by atoms with Crippen molar-refractivity contribution in [1.29, 1.82) is 0 Å². The quantitative estimate of drug-likeness (QED) is 0.262. The summed E-state index contributed by atoms with van der Waals surface area (Å²) in [4.78, 5) is 32.6. The summed E-state index contributed by atoms with van der Waals surface area (Å²) in [7, 11) is 0. The number of esters is 1. The molecule has 0 aliphatic carbocycles. The molecule has 0 fully saturated rings. The number of aromatic nitrogens is 1. The molecule has 0 saturated heterocycles. The second-order valence-corrected chi connectivity index (χ2v) is 9.96. The van der Waals surface area contributed by atoms with E-state index >= 15 is 0 Å². The standard InChI is InChI=1S/C28H22N2O4S2/c1-3-14-33-27(32)24-18(2)29-28-30(25(24)22-13-8-15-35-22)26(31)23(36-28)17-19-9-7-12-21(16-19)34-20-10-5-4-6-11-20/h3-13,15-17,25H,1,14H2,2H3. The van der Waals surface area contributed by atoms with Crippen LogP contribution in [0, 0.1) is 0 Å². The number of carbonyl (C=O) groups excluding carboxylic acids is 1. The van der Waals surface area contributed by atoms with E-state index in [1.165, 1.54) is 28.7 Å². The number of hydrogen-bond donors (Lipinski definition) is 0. The van der Waals surface area contributed by atoms with E-state index in [1.807, 2.05) is 78.2 Å². The highest BCUT2D eigenvalue weighted by Gasteiger charge is 2.33. The van der Waals surface area contributed by atoms with Gasteiger partial charge >= 0.3 is 5.97 Å². The SMILES string of the molecule is C=CCOC(=O)C1=C(C)N=c2sc(=Cc3cccc(Oc4ccccc4)c3)c(=O)n2C1c1cccs1. The van der Waals surface area contributed by atoms with Crippen molar-refractivity contribution in [2.75, 3.05) is 6.61 Å². The van der Waals surface area contributed by atoms with Gasteiger partial charge in [-0.2, -0.15) is 0 Å². The van der Waals surface area contributed by atoms with Crippen molar-refractivity contribution in [3.63, 3.8) is 0 Å². The molecule has 0 bridgehead atoms. The Morgan fingerprint density at radius 1 is 1.11 bits per heavy atom. The van der Waals surface area contributed by atoms with E-state index in [2.05, 4.69) is 11.6 Å². The van der Waals surface area contributed by atoms with Crippen LogP contribution in [-0.4, -0.2) is 17.1 Å². The molecule has 2 aromatic heterocycles. The van der Waals surface area contributed by atoms with Gasteiger partial charge in [0, 0.05) is 4.88 Å². The average molecular weight is 515 g/mol. The van der Waals surface area contributed by atoms with Gasteiger partial charge in [0.1, 0.15) is 24.1 Å². The van der Waals surface area contributed by atoms with Crippen LogP contribution in [0.1, 0.15) is 23.4 Å². The van der Waals surface area contributed by atoms with E-state index in [0.717, 1.165) is 16.2 Å². The molecule has 5 rings (SSSR count). The molecule has 4 aromatic rings. The Kier molecular flexibility index (Phi) is 6.79. The maximum atomic E-state index is 13.7. The summed E-state index contributed by atoms with van der Waals surface area (Å²) >= 11 is 2.77. The van der Waals surface area contributed by atoms with Gasteiger partial charge < -0.3 is 9.47 Å². The van der Waals surface area contributed by atoms with Crippen LogP contribution in [0.15, 0.2) is 106 Å². The first-order chi connectivity index (χ1) is 17.5. The first-order valence-corrected chi connectivity index (χ1v) is 12.9. The highest BCUT2D eigenvalue weighted by molar-refractivity contribution is 7.10. The first-order valence-electron chi connectivity index (χ1n) is 11.2. The minimum absolute atomic E-state index is 0.0819. The lowest BCUT2D eigenvalue weighted by molar-refractivity contribution is -0.138. The Morgan fingerprint density at radius 2 is 1.92 bits per heavy atom. The molecule has 3 heterocycles. The number of fused-ring (bicyclic) bond motifs is 1. The van der Waals surface area contributed by atoms with Crippen molar-refractivity contribution >= 4 is 34.7 Å². The molecule has 8 heteroatoms. The summed E-state index contributed by atoms with van der Waals surface area (Å²) in [5.74, 6) is 0.896. The smallest absolute Gasteiger partial charge is 0.338 e. The topological polar surface area (TPSA) is 69.9 Å². The molecular weight excluding hydrogens is 492 g/mol. The van der Waals surface area contributed by atoms with E-state index in [4.69, 9.17) is 9.47 Å². The Morgan fingerprint density at radius 3 is 2.67 bits per heavy atom. The van der Waals surface area contributed by atoms with Crippen LogP contribution in [0.5, 0.6) is 11.5 Å². The van der Waals surface area contributed by atoms with Gasteiger partial charge in [0.05, 0.1) is 15.8 Å². The first kappa shape index (κ1) is 23.7. The van der Waals surface area contributed by atoms with Gasteiger partial charge in [0.25, 0.3) is 5.56 Å². The summed E-state index contributed by atoms with van der Waals surface area (Å²) in [5.41, 5.74) is 1.50. The third-order valence-corrected chi connectivity index (χ3v) is 7.43. The maximum absolute atomic E-state index is 13.7. The maximum Gasteiger partial charge on any atom is 0.338 e. The van der Waals surface area contributed by atoms with Gasteiger partial charge in [-0.15, -0.1) is 11.3 Å². The average Bonchev–Trinajstić information content (AvgIpc) is 3.51. The largest absolute Gasteiger partial charge is 0.458 e. The molecule has 2 aromatic carbocycles. The summed E-state index contributed by atoms with van der Waals surface area (Å²) in [6.07, 6.45) is 3.33.